The highest BCUT2D eigenvalue weighted by Gasteiger charge is 2.12. The Morgan fingerprint density at radius 3 is 2.62 bits per heavy atom. The van der Waals surface area contributed by atoms with E-state index in [0.29, 0.717) is 18.0 Å². The summed E-state index contributed by atoms with van der Waals surface area (Å²) < 4.78 is 16.1. The highest BCUT2D eigenvalue weighted by atomic mass is 16.5. The molecule has 1 aromatic heterocycles. The monoisotopic (exact) mass is 291 g/mol. The third-order valence-electron chi connectivity index (χ3n) is 3.13. The Morgan fingerprint density at radius 1 is 1.19 bits per heavy atom. The largest absolute Gasteiger partial charge is 0.493 e. The smallest absolute Gasteiger partial charge is 0.161 e. The fourth-order valence-corrected chi connectivity index (χ4v) is 1.93. The predicted molar refractivity (Wildman–Crippen MR) is 79.6 cm³/mol. The molecule has 1 unspecified atom stereocenters. The normalized spacial score (nSPS) is 13.7. The van der Waals surface area contributed by atoms with Crippen molar-refractivity contribution in [1.29, 1.82) is 0 Å². The Labute approximate surface area is 124 Å². The van der Waals surface area contributed by atoms with Gasteiger partial charge >= 0.3 is 0 Å². The van der Waals surface area contributed by atoms with Gasteiger partial charge in [0.15, 0.2) is 11.5 Å². The quantitative estimate of drug-likeness (QED) is 0.782. The number of hydrogen-bond acceptors (Lipinski definition) is 5. The van der Waals surface area contributed by atoms with Crippen molar-refractivity contribution in [2.24, 2.45) is 0 Å². The molecule has 21 heavy (non-hydrogen) atoms. The van der Waals surface area contributed by atoms with Crippen LogP contribution in [0.25, 0.3) is 0 Å². The SMILES string of the molecule is COc1ccccc1OCC(O)CN[C@H](C)c1ccco1. The van der Waals surface area contributed by atoms with Gasteiger partial charge < -0.3 is 24.3 Å². The number of ether oxygens (including phenoxy) is 2. The minimum atomic E-state index is -0.618. The molecule has 5 nitrogen and oxygen atoms in total. The number of hydrogen-bond donors (Lipinski definition) is 2. The van der Waals surface area contributed by atoms with Gasteiger partial charge in [-0.3, -0.25) is 0 Å². The van der Waals surface area contributed by atoms with Crippen LogP contribution >= 0.6 is 0 Å². The zero-order valence-corrected chi connectivity index (χ0v) is 12.3. The molecule has 2 N–H and O–H groups in total. The van der Waals surface area contributed by atoms with Crippen LogP contribution in [0.3, 0.4) is 0 Å². The molecule has 0 saturated heterocycles. The molecule has 0 aliphatic rings. The average molecular weight is 291 g/mol. The summed E-state index contributed by atoms with van der Waals surface area (Å²) in [7, 11) is 1.59. The highest BCUT2D eigenvalue weighted by molar-refractivity contribution is 5.39. The van der Waals surface area contributed by atoms with Crippen molar-refractivity contribution in [2.75, 3.05) is 20.3 Å². The third kappa shape index (κ3) is 4.51. The van der Waals surface area contributed by atoms with E-state index in [1.165, 1.54) is 0 Å². The van der Waals surface area contributed by atoms with Crippen LogP contribution < -0.4 is 14.8 Å². The van der Waals surface area contributed by atoms with Crippen molar-refractivity contribution in [3.8, 4) is 11.5 Å². The van der Waals surface area contributed by atoms with Crippen LogP contribution in [0.5, 0.6) is 11.5 Å². The minimum Gasteiger partial charge on any atom is -0.493 e. The van der Waals surface area contributed by atoms with Crippen molar-refractivity contribution in [1.82, 2.24) is 5.32 Å². The van der Waals surface area contributed by atoms with E-state index in [1.54, 1.807) is 13.4 Å². The molecule has 2 aromatic rings. The molecule has 5 heteroatoms. The van der Waals surface area contributed by atoms with Crippen molar-refractivity contribution < 1.29 is 19.0 Å². The van der Waals surface area contributed by atoms with Gasteiger partial charge in [-0.25, -0.2) is 0 Å². The molecular formula is C16H21NO4. The standard InChI is InChI=1S/C16H21NO4/c1-12(14-8-5-9-20-14)17-10-13(18)11-21-16-7-4-3-6-15(16)19-2/h3-9,12-13,17-18H,10-11H2,1-2H3/t12-,13?/m1/s1. The lowest BCUT2D eigenvalue weighted by atomic mass is 10.2. The second-order valence-electron chi connectivity index (χ2n) is 4.76. The number of nitrogens with one attached hydrogen (secondary N) is 1. The minimum absolute atomic E-state index is 0.0425. The Bertz CT molecular complexity index is 527. The molecule has 0 spiro atoms. The first kappa shape index (κ1) is 15.4. The molecule has 1 heterocycles. The Balaban J connectivity index is 1.76. The van der Waals surface area contributed by atoms with E-state index >= 15 is 0 Å². The zero-order chi connectivity index (χ0) is 15.1. The van der Waals surface area contributed by atoms with Crippen molar-refractivity contribution >= 4 is 0 Å². The number of para-hydroxylation sites is 2. The van der Waals surface area contributed by atoms with Gasteiger partial charge in [0.05, 0.1) is 19.4 Å². The van der Waals surface area contributed by atoms with Crippen molar-refractivity contribution in [2.45, 2.75) is 19.1 Å². The molecule has 0 radical (unpaired) electrons. The molecule has 0 aliphatic carbocycles. The zero-order valence-electron chi connectivity index (χ0n) is 12.3. The van der Waals surface area contributed by atoms with E-state index < -0.39 is 6.10 Å². The van der Waals surface area contributed by atoms with Crippen molar-refractivity contribution in [3.05, 3.63) is 48.4 Å². The van der Waals surface area contributed by atoms with Crippen LogP contribution in [-0.2, 0) is 0 Å². The van der Waals surface area contributed by atoms with Gasteiger partial charge in [0.2, 0.25) is 0 Å². The Kier molecular flexibility index (Phi) is 5.66. The van der Waals surface area contributed by atoms with Crippen LogP contribution in [0.15, 0.2) is 47.1 Å². The van der Waals surface area contributed by atoms with E-state index in [4.69, 9.17) is 13.9 Å². The molecule has 2 rings (SSSR count). The van der Waals surface area contributed by atoms with Crippen LogP contribution in [0.4, 0.5) is 0 Å². The van der Waals surface area contributed by atoms with Crippen LogP contribution in [0.1, 0.15) is 18.7 Å². The van der Waals surface area contributed by atoms with Gasteiger partial charge in [0.25, 0.3) is 0 Å². The fraction of sp³-hybridized carbons (Fsp3) is 0.375. The Hall–Kier alpha value is -1.98. The van der Waals surface area contributed by atoms with E-state index in [-0.39, 0.29) is 12.6 Å². The van der Waals surface area contributed by atoms with Gasteiger partial charge in [-0.05, 0) is 31.2 Å². The van der Waals surface area contributed by atoms with Gasteiger partial charge in [0.1, 0.15) is 18.5 Å². The second-order valence-corrected chi connectivity index (χ2v) is 4.76. The van der Waals surface area contributed by atoms with E-state index in [9.17, 15) is 5.11 Å². The number of furan rings is 1. The van der Waals surface area contributed by atoms with E-state index in [2.05, 4.69) is 5.32 Å². The molecule has 2 atom stereocenters. The Morgan fingerprint density at radius 2 is 1.95 bits per heavy atom. The maximum atomic E-state index is 9.96. The molecule has 114 valence electrons. The molecule has 0 bridgehead atoms. The third-order valence-corrected chi connectivity index (χ3v) is 3.13. The summed E-state index contributed by atoms with van der Waals surface area (Å²) in [6.07, 6.45) is 1.02. The predicted octanol–water partition coefficient (Wildman–Crippen LogP) is 2.38. The van der Waals surface area contributed by atoms with Gasteiger partial charge in [-0.15, -0.1) is 0 Å². The average Bonchev–Trinajstić information content (AvgIpc) is 3.05. The maximum Gasteiger partial charge on any atom is 0.161 e. The number of aliphatic hydroxyl groups is 1. The summed E-state index contributed by atoms with van der Waals surface area (Å²) in [6, 6.07) is 11.1. The van der Waals surface area contributed by atoms with Gasteiger partial charge in [-0.1, -0.05) is 12.1 Å². The molecule has 1 aromatic carbocycles. The van der Waals surface area contributed by atoms with Crippen LogP contribution in [-0.4, -0.2) is 31.5 Å². The maximum absolute atomic E-state index is 9.96. The fourth-order valence-electron chi connectivity index (χ4n) is 1.93. The van der Waals surface area contributed by atoms with Gasteiger partial charge in [-0.2, -0.15) is 0 Å². The number of aliphatic hydroxyl groups excluding tert-OH is 1. The van der Waals surface area contributed by atoms with Gasteiger partial charge in [0, 0.05) is 6.54 Å². The highest BCUT2D eigenvalue weighted by Crippen LogP contribution is 2.25. The summed E-state index contributed by atoms with van der Waals surface area (Å²) >= 11 is 0. The number of methoxy groups -OCH3 is 1. The first-order chi connectivity index (χ1) is 10.2. The first-order valence-electron chi connectivity index (χ1n) is 6.91. The van der Waals surface area contributed by atoms with Crippen LogP contribution in [0.2, 0.25) is 0 Å². The summed E-state index contributed by atoms with van der Waals surface area (Å²) in [5.74, 6) is 2.12. The summed E-state index contributed by atoms with van der Waals surface area (Å²) in [6.45, 7) is 2.59. The summed E-state index contributed by atoms with van der Waals surface area (Å²) in [5.41, 5.74) is 0. The van der Waals surface area contributed by atoms with Crippen molar-refractivity contribution in [3.63, 3.8) is 0 Å². The second kappa shape index (κ2) is 7.71. The van der Waals surface area contributed by atoms with E-state index in [1.807, 2.05) is 43.3 Å². The lowest BCUT2D eigenvalue weighted by Crippen LogP contribution is -2.32. The molecule has 0 fully saturated rings. The first-order valence-corrected chi connectivity index (χ1v) is 6.91. The van der Waals surface area contributed by atoms with E-state index in [0.717, 1.165) is 5.76 Å². The lowest BCUT2D eigenvalue weighted by Gasteiger charge is -2.17. The number of benzene rings is 1. The lowest BCUT2D eigenvalue weighted by molar-refractivity contribution is 0.102. The topological polar surface area (TPSA) is 63.9 Å². The molecular weight excluding hydrogens is 270 g/mol. The number of rotatable bonds is 8. The summed E-state index contributed by atoms with van der Waals surface area (Å²) in [5, 5.41) is 13.2. The van der Waals surface area contributed by atoms with Crippen LogP contribution in [0, 0.1) is 0 Å². The molecule has 0 aliphatic heterocycles. The molecule has 0 amide bonds. The summed E-state index contributed by atoms with van der Waals surface area (Å²) in [4.78, 5) is 0. The molecule has 0 saturated carbocycles.